The lowest BCUT2D eigenvalue weighted by molar-refractivity contribution is 0.0976. The van der Waals surface area contributed by atoms with Gasteiger partial charge in [-0.25, -0.2) is 4.39 Å². The molecule has 0 heterocycles. The molecule has 2 amide bonds. The minimum atomic E-state index is -0.484. The number of amides is 2. The van der Waals surface area contributed by atoms with Crippen LogP contribution in [0.25, 0.3) is 0 Å². The Balaban J connectivity index is 1.64. The number of hydrogen-bond donors (Lipinski definition) is 3. The topological polar surface area (TPSA) is 70.2 Å². The van der Waals surface area contributed by atoms with E-state index in [1.165, 1.54) is 42.5 Å². The predicted molar refractivity (Wildman–Crippen MR) is 121 cm³/mol. The molecule has 0 fully saturated rings. The third-order valence-corrected chi connectivity index (χ3v) is 4.48. The molecule has 5 nitrogen and oxygen atoms in total. The first-order valence-corrected chi connectivity index (χ1v) is 9.72. The van der Waals surface area contributed by atoms with E-state index >= 15 is 0 Å². The van der Waals surface area contributed by atoms with Crippen molar-refractivity contribution >= 4 is 63.7 Å². The Kier molecular flexibility index (Phi) is 6.99. The van der Waals surface area contributed by atoms with Crippen molar-refractivity contribution in [2.75, 3.05) is 10.6 Å². The largest absolute Gasteiger partial charge is 0.332 e. The average molecular weight is 462 g/mol. The molecule has 0 aliphatic carbocycles. The van der Waals surface area contributed by atoms with Gasteiger partial charge in [0.2, 0.25) is 0 Å². The number of anilines is 2. The highest BCUT2D eigenvalue weighted by molar-refractivity contribution is 7.80. The van der Waals surface area contributed by atoms with Crippen molar-refractivity contribution in [3.63, 3.8) is 0 Å². The van der Waals surface area contributed by atoms with Crippen LogP contribution < -0.4 is 16.0 Å². The monoisotopic (exact) mass is 461 g/mol. The molecule has 0 atom stereocenters. The lowest BCUT2D eigenvalue weighted by atomic mass is 10.2. The van der Waals surface area contributed by atoms with Crippen LogP contribution in [-0.4, -0.2) is 16.9 Å². The predicted octanol–water partition coefficient (Wildman–Crippen LogP) is 5.51. The highest BCUT2D eigenvalue weighted by Gasteiger charge is 2.11. The van der Waals surface area contributed by atoms with Gasteiger partial charge in [0.25, 0.3) is 11.8 Å². The lowest BCUT2D eigenvalue weighted by Gasteiger charge is -2.11. The molecule has 0 saturated carbocycles. The zero-order valence-electron chi connectivity index (χ0n) is 15.2. The van der Waals surface area contributed by atoms with Crippen molar-refractivity contribution < 1.29 is 14.0 Å². The van der Waals surface area contributed by atoms with Crippen molar-refractivity contribution in [1.29, 1.82) is 0 Å². The fourth-order valence-electron chi connectivity index (χ4n) is 2.50. The molecule has 30 heavy (non-hydrogen) atoms. The van der Waals surface area contributed by atoms with E-state index in [1.807, 2.05) is 0 Å². The number of nitrogens with one attached hydrogen (secondary N) is 3. The van der Waals surface area contributed by atoms with Gasteiger partial charge >= 0.3 is 0 Å². The summed E-state index contributed by atoms with van der Waals surface area (Å²) in [6.07, 6.45) is 0. The molecule has 0 aliphatic heterocycles. The van der Waals surface area contributed by atoms with E-state index in [0.29, 0.717) is 27.0 Å². The number of benzene rings is 3. The van der Waals surface area contributed by atoms with E-state index in [4.69, 9.17) is 35.4 Å². The summed E-state index contributed by atoms with van der Waals surface area (Å²) in [4.78, 5) is 24.7. The molecule has 0 radical (unpaired) electrons. The maximum atomic E-state index is 13.0. The number of rotatable bonds is 4. The number of halogens is 3. The van der Waals surface area contributed by atoms with Crippen LogP contribution in [0.5, 0.6) is 0 Å². The highest BCUT2D eigenvalue weighted by atomic mass is 35.5. The summed E-state index contributed by atoms with van der Waals surface area (Å²) in [5.74, 6) is -1.26. The zero-order chi connectivity index (χ0) is 21.7. The molecule has 152 valence electrons. The molecule has 3 aromatic carbocycles. The average Bonchev–Trinajstić information content (AvgIpc) is 2.69. The maximum Gasteiger partial charge on any atom is 0.257 e. The van der Waals surface area contributed by atoms with Crippen LogP contribution >= 0.6 is 35.4 Å². The fourth-order valence-corrected chi connectivity index (χ4v) is 3.23. The molecule has 0 bridgehead atoms. The number of carbonyl (C=O) groups excluding carboxylic acids is 2. The standard InChI is InChI=1S/C21H14Cl2FN3O2S/c22-14-8-13(9-15(23)11-14)20(29)27-21(30)26-18-3-1-2-12(10-18)19(28)25-17-6-4-16(24)5-7-17/h1-11H,(H,25,28)(H2,26,27,29,30). The highest BCUT2D eigenvalue weighted by Crippen LogP contribution is 2.19. The van der Waals surface area contributed by atoms with Gasteiger partial charge in [-0.15, -0.1) is 0 Å². The van der Waals surface area contributed by atoms with E-state index < -0.39 is 11.7 Å². The number of carbonyl (C=O) groups is 2. The van der Waals surface area contributed by atoms with E-state index in [1.54, 1.807) is 24.3 Å². The third kappa shape index (κ3) is 6.00. The first-order chi connectivity index (χ1) is 14.3. The summed E-state index contributed by atoms with van der Waals surface area (Å²) < 4.78 is 13.0. The van der Waals surface area contributed by atoms with Crippen molar-refractivity contribution in [3.8, 4) is 0 Å². The van der Waals surface area contributed by atoms with Crippen molar-refractivity contribution in [3.05, 3.63) is 93.7 Å². The van der Waals surface area contributed by atoms with Gasteiger partial charge < -0.3 is 10.6 Å². The number of thiocarbonyl (C=S) groups is 1. The van der Waals surface area contributed by atoms with Crippen LogP contribution in [0.4, 0.5) is 15.8 Å². The second kappa shape index (κ2) is 9.67. The lowest BCUT2D eigenvalue weighted by Crippen LogP contribution is -2.34. The van der Waals surface area contributed by atoms with Gasteiger partial charge in [0.05, 0.1) is 0 Å². The molecular weight excluding hydrogens is 448 g/mol. The summed E-state index contributed by atoms with van der Waals surface area (Å²) in [6, 6.07) is 16.4. The van der Waals surface area contributed by atoms with Gasteiger partial charge in [0, 0.05) is 32.5 Å². The van der Waals surface area contributed by atoms with Crippen LogP contribution in [0, 0.1) is 5.82 Å². The summed E-state index contributed by atoms with van der Waals surface area (Å²) in [5, 5.41) is 8.72. The Morgan fingerprint density at radius 2 is 1.43 bits per heavy atom. The van der Waals surface area contributed by atoms with Crippen molar-refractivity contribution in [2.24, 2.45) is 0 Å². The van der Waals surface area contributed by atoms with E-state index in [2.05, 4.69) is 16.0 Å². The van der Waals surface area contributed by atoms with Gasteiger partial charge in [-0.05, 0) is 72.9 Å². The summed E-state index contributed by atoms with van der Waals surface area (Å²) in [6.45, 7) is 0. The smallest absolute Gasteiger partial charge is 0.257 e. The Morgan fingerprint density at radius 3 is 2.10 bits per heavy atom. The minimum Gasteiger partial charge on any atom is -0.332 e. The molecule has 0 unspecified atom stereocenters. The summed E-state index contributed by atoms with van der Waals surface area (Å²) in [7, 11) is 0. The van der Waals surface area contributed by atoms with Crippen LogP contribution in [0.1, 0.15) is 20.7 Å². The first-order valence-electron chi connectivity index (χ1n) is 8.55. The van der Waals surface area contributed by atoms with Gasteiger partial charge in [-0.3, -0.25) is 14.9 Å². The molecule has 9 heteroatoms. The zero-order valence-corrected chi connectivity index (χ0v) is 17.5. The van der Waals surface area contributed by atoms with E-state index in [9.17, 15) is 14.0 Å². The van der Waals surface area contributed by atoms with Crippen molar-refractivity contribution in [2.45, 2.75) is 0 Å². The van der Waals surface area contributed by atoms with Gasteiger partial charge in [-0.1, -0.05) is 29.3 Å². The normalized spacial score (nSPS) is 10.2. The van der Waals surface area contributed by atoms with Gasteiger partial charge in [-0.2, -0.15) is 0 Å². The molecule has 0 aliphatic rings. The van der Waals surface area contributed by atoms with Crippen molar-refractivity contribution in [1.82, 2.24) is 5.32 Å². The minimum absolute atomic E-state index is 0.0344. The SMILES string of the molecule is O=C(NC(=S)Nc1cccc(C(=O)Nc2ccc(F)cc2)c1)c1cc(Cl)cc(Cl)c1. The second-order valence-electron chi connectivity index (χ2n) is 6.11. The Labute approximate surface area is 187 Å². The van der Waals surface area contributed by atoms with E-state index in [0.717, 1.165) is 0 Å². The summed E-state index contributed by atoms with van der Waals surface area (Å²) in [5.41, 5.74) is 1.56. The van der Waals surface area contributed by atoms with Crippen LogP contribution in [-0.2, 0) is 0 Å². The fraction of sp³-hybridized carbons (Fsp3) is 0. The van der Waals surface area contributed by atoms with Crippen LogP contribution in [0.3, 0.4) is 0 Å². The Bertz CT molecular complexity index is 1100. The van der Waals surface area contributed by atoms with Gasteiger partial charge in [0.1, 0.15) is 5.82 Å². The third-order valence-electron chi connectivity index (χ3n) is 3.84. The van der Waals surface area contributed by atoms with Crippen LogP contribution in [0.2, 0.25) is 10.0 Å². The molecule has 0 spiro atoms. The second-order valence-corrected chi connectivity index (χ2v) is 7.39. The molecular formula is C21H14Cl2FN3O2S. The Hall–Kier alpha value is -3.00. The molecule has 3 N–H and O–H groups in total. The maximum absolute atomic E-state index is 13.0. The first kappa shape index (κ1) is 21.7. The Morgan fingerprint density at radius 1 is 0.767 bits per heavy atom. The molecule has 0 aromatic heterocycles. The summed E-state index contributed by atoms with van der Waals surface area (Å²) >= 11 is 17.0. The number of hydrogen-bond acceptors (Lipinski definition) is 3. The van der Waals surface area contributed by atoms with Gasteiger partial charge in [0.15, 0.2) is 5.11 Å². The quantitative estimate of drug-likeness (QED) is 0.447. The van der Waals surface area contributed by atoms with E-state index in [-0.39, 0.29) is 16.6 Å². The molecule has 3 aromatic rings. The molecule has 0 saturated heterocycles. The van der Waals surface area contributed by atoms with Crippen LogP contribution in [0.15, 0.2) is 66.7 Å². The molecule has 3 rings (SSSR count).